The zero-order valence-corrected chi connectivity index (χ0v) is 17.4. The number of benzene rings is 1. The molecule has 148 valence electrons. The number of fused-ring (bicyclic) bond motifs is 1. The highest BCUT2D eigenvalue weighted by Gasteiger charge is 2.30. The van der Waals surface area contributed by atoms with E-state index in [1.54, 1.807) is 4.68 Å². The summed E-state index contributed by atoms with van der Waals surface area (Å²) >= 11 is 0. The molecule has 6 heteroatoms. The molecule has 0 N–H and O–H groups in total. The standard InChI is InChI=1S/C22H29N5O/c1-22(2,3)19-13-18(26(5)24-19)21(28)27-12-8-9-15(14-27)20-23-16-10-6-7-11-17(16)25(20)4/h6-7,10-11,13,15H,8-9,12,14H2,1-5H3. The molecular formula is C22H29N5O. The van der Waals surface area contributed by atoms with Gasteiger partial charge in [0.15, 0.2) is 0 Å². The molecule has 1 fully saturated rings. The number of likely N-dealkylation sites (tertiary alicyclic amines) is 1. The fraction of sp³-hybridized carbons (Fsp3) is 0.500. The summed E-state index contributed by atoms with van der Waals surface area (Å²) in [5, 5.41) is 4.57. The summed E-state index contributed by atoms with van der Waals surface area (Å²) in [7, 11) is 3.93. The van der Waals surface area contributed by atoms with Crippen LogP contribution in [0.1, 0.15) is 61.5 Å². The number of piperidine rings is 1. The lowest BCUT2D eigenvalue weighted by Gasteiger charge is -2.32. The number of amides is 1. The third kappa shape index (κ3) is 3.21. The Balaban J connectivity index is 1.59. The van der Waals surface area contributed by atoms with Gasteiger partial charge in [-0.05, 0) is 31.0 Å². The van der Waals surface area contributed by atoms with E-state index in [1.165, 1.54) is 0 Å². The molecule has 1 amide bonds. The van der Waals surface area contributed by atoms with E-state index in [1.807, 2.05) is 36.2 Å². The number of para-hydroxylation sites is 2. The van der Waals surface area contributed by atoms with Crippen LogP contribution in [-0.4, -0.2) is 43.2 Å². The SMILES string of the molecule is Cn1nc(C(C)(C)C)cc1C(=O)N1CCCC(c2nc3ccccc3n2C)C1. The highest BCUT2D eigenvalue weighted by Crippen LogP contribution is 2.30. The second-order valence-corrected chi connectivity index (χ2v) is 8.90. The van der Waals surface area contributed by atoms with Gasteiger partial charge in [0.1, 0.15) is 11.5 Å². The fourth-order valence-electron chi connectivity index (χ4n) is 4.10. The smallest absolute Gasteiger partial charge is 0.272 e. The summed E-state index contributed by atoms with van der Waals surface area (Å²) in [4.78, 5) is 20.1. The van der Waals surface area contributed by atoms with Crippen LogP contribution in [0.25, 0.3) is 11.0 Å². The molecule has 6 nitrogen and oxygen atoms in total. The predicted octanol–water partition coefficient (Wildman–Crippen LogP) is 3.62. The average Bonchev–Trinajstić information content (AvgIpc) is 3.22. The van der Waals surface area contributed by atoms with Crippen molar-refractivity contribution in [1.82, 2.24) is 24.2 Å². The number of aromatic nitrogens is 4. The van der Waals surface area contributed by atoms with Crippen LogP contribution < -0.4 is 0 Å². The van der Waals surface area contributed by atoms with E-state index < -0.39 is 0 Å². The van der Waals surface area contributed by atoms with Crippen molar-refractivity contribution in [2.45, 2.75) is 44.9 Å². The van der Waals surface area contributed by atoms with Crippen LogP contribution in [0, 0.1) is 0 Å². The van der Waals surface area contributed by atoms with Crippen LogP contribution in [0.2, 0.25) is 0 Å². The molecule has 0 aliphatic carbocycles. The first-order valence-electron chi connectivity index (χ1n) is 10.0. The molecule has 4 rings (SSSR count). The number of nitrogens with zero attached hydrogens (tertiary/aromatic N) is 5. The van der Waals surface area contributed by atoms with E-state index >= 15 is 0 Å². The van der Waals surface area contributed by atoms with Gasteiger partial charge >= 0.3 is 0 Å². The second-order valence-electron chi connectivity index (χ2n) is 8.90. The lowest BCUT2D eigenvalue weighted by molar-refractivity contribution is 0.0692. The van der Waals surface area contributed by atoms with Crippen molar-refractivity contribution in [3.05, 3.63) is 47.5 Å². The zero-order chi connectivity index (χ0) is 20.1. The molecule has 1 aromatic carbocycles. The zero-order valence-electron chi connectivity index (χ0n) is 17.4. The Labute approximate surface area is 166 Å². The summed E-state index contributed by atoms with van der Waals surface area (Å²) in [5.74, 6) is 1.39. The van der Waals surface area contributed by atoms with Crippen molar-refractivity contribution < 1.29 is 4.79 Å². The average molecular weight is 380 g/mol. The van der Waals surface area contributed by atoms with Crippen LogP contribution in [0.5, 0.6) is 0 Å². The summed E-state index contributed by atoms with van der Waals surface area (Å²) in [6, 6.07) is 10.2. The van der Waals surface area contributed by atoms with Crippen molar-refractivity contribution in [2.24, 2.45) is 14.1 Å². The molecule has 1 unspecified atom stereocenters. The third-order valence-electron chi connectivity index (χ3n) is 5.76. The molecule has 1 aliphatic heterocycles. The molecule has 0 saturated carbocycles. The number of aryl methyl sites for hydroxylation is 2. The number of hydrogen-bond donors (Lipinski definition) is 0. The number of hydrogen-bond acceptors (Lipinski definition) is 3. The van der Waals surface area contributed by atoms with Crippen LogP contribution in [0.3, 0.4) is 0 Å². The molecule has 1 saturated heterocycles. The number of imidazole rings is 1. The Hall–Kier alpha value is -2.63. The highest BCUT2D eigenvalue weighted by molar-refractivity contribution is 5.93. The fourth-order valence-corrected chi connectivity index (χ4v) is 4.10. The maximum Gasteiger partial charge on any atom is 0.272 e. The maximum absolute atomic E-state index is 13.2. The quantitative estimate of drug-likeness (QED) is 0.683. The molecule has 3 aromatic rings. The summed E-state index contributed by atoms with van der Waals surface area (Å²) < 4.78 is 3.90. The van der Waals surface area contributed by atoms with Gasteiger partial charge in [-0.25, -0.2) is 4.98 Å². The van der Waals surface area contributed by atoms with E-state index in [2.05, 4.69) is 43.6 Å². The lowest BCUT2D eigenvalue weighted by atomic mass is 9.92. The van der Waals surface area contributed by atoms with Gasteiger partial charge in [-0.3, -0.25) is 9.48 Å². The minimum absolute atomic E-state index is 0.0639. The van der Waals surface area contributed by atoms with Gasteiger partial charge in [-0.1, -0.05) is 32.9 Å². The Morgan fingerprint density at radius 3 is 2.61 bits per heavy atom. The van der Waals surface area contributed by atoms with Crippen LogP contribution >= 0.6 is 0 Å². The first-order valence-corrected chi connectivity index (χ1v) is 10.0. The van der Waals surface area contributed by atoms with Gasteiger partial charge in [0.2, 0.25) is 0 Å². The van der Waals surface area contributed by atoms with Crippen LogP contribution in [0.15, 0.2) is 30.3 Å². The van der Waals surface area contributed by atoms with E-state index in [4.69, 9.17) is 4.98 Å². The number of carbonyl (C=O) groups excluding carboxylic acids is 1. The third-order valence-corrected chi connectivity index (χ3v) is 5.76. The monoisotopic (exact) mass is 379 g/mol. The summed E-state index contributed by atoms with van der Waals surface area (Å²) in [6.45, 7) is 7.84. The Morgan fingerprint density at radius 1 is 1.18 bits per heavy atom. The van der Waals surface area contributed by atoms with Crippen LogP contribution in [-0.2, 0) is 19.5 Å². The summed E-state index contributed by atoms with van der Waals surface area (Å²) in [5.41, 5.74) is 3.69. The Kier molecular flexibility index (Phi) is 4.52. The van der Waals surface area contributed by atoms with E-state index in [-0.39, 0.29) is 17.2 Å². The van der Waals surface area contributed by atoms with Gasteiger partial charge < -0.3 is 9.47 Å². The molecule has 28 heavy (non-hydrogen) atoms. The molecule has 0 spiro atoms. The van der Waals surface area contributed by atoms with E-state index in [0.29, 0.717) is 12.2 Å². The molecule has 3 heterocycles. The van der Waals surface area contributed by atoms with Crippen molar-refractivity contribution in [3.8, 4) is 0 Å². The van der Waals surface area contributed by atoms with E-state index in [9.17, 15) is 4.79 Å². The van der Waals surface area contributed by atoms with Gasteiger partial charge in [-0.15, -0.1) is 0 Å². The first kappa shape index (κ1) is 18.7. The molecule has 2 aromatic heterocycles. The minimum atomic E-state index is -0.0756. The highest BCUT2D eigenvalue weighted by atomic mass is 16.2. The van der Waals surface area contributed by atoms with Crippen molar-refractivity contribution in [1.29, 1.82) is 0 Å². The van der Waals surface area contributed by atoms with E-state index in [0.717, 1.165) is 41.9 Å². The molecule has 0 bridgehead atoms. The predicted molar refractivity (Wildman–Crippen MR) is 111 cm³/mol. The van der Waals surface area contributed by atoms with Gasteiger partial charge in [0, 0.05) is 38.5 Å². The first-order chi connectivity index (χ1) is 13.3. The Bertz CT molecular complexity index is 1020. The molecule has 1 atom stereocenters. The normalized spacial score (nSPS) is 18.0. The van der Waals surface area contributed by atoms with Crippen molar-refractivity contribution in [3.63, 3.8) is 0 Å². The molecule has 1 aliphatic rings. The van der Waals surface area contributed by atoms with Crippen LogP contribution in [0.4, 0.5) is 0 Å². The topological polar surface area (TPSA) is 56.0 Å². The van der Waals surface area contributed by atoms with Gasteiger partial charge in [-0.2, -0.15) is 5.10 Å². The van der Waals surface area contributed by atoms with Crippen molar-refractivity contribution in [2.75, 3.05) is 13.1 Å². The van der Waals surface area contributed by atoms with Gasteiger partial charge in [0.05, 0.1) is 16.7 Å². The molecule has 0 radical (unpaired) electrons. The second kappa shape index (κ2) is 6.76. The maximum atomic E-state index is 13.2. The summed E-state index contributed by atoms with van der Waals surface area (Å²) in [6.07, 6.45) is 2.04. The number of rotatable bonds is 2. The van der Waals surface area contributed by atoms with Crippen molar-refractivity contribution >= 4 is 16.9 Å². The molecular weight excluding hydrogens is 350 g/mol. The number of carbonyl (C=O) groups is 1. The Morgan fingerprint density at radius 2 is 1.93 bits per heavy atom. The minimum Gasteiger partial charge on any atom is -0.337 e. The largest absolute Gasteiger partial charge is 0.337 e. The van der Waals surface area contributed by atoms with Gasteiger partial charge in [0.25, 0.3) is 5.91 Å². The lowest BCUT2D eigenvalue weighted by Crippen LogP contribution is -2.40.